The van der Waals surface area contributed by atoms with Crippen LogP contribution in [0.4, 0.5) is 4.79 Å². The highest BCUT2D eigenvalue weighted by Gasteiger charge is 2.29. The number of ether oxygens (including phenoxy) is 2. The molecule has 1 heterocycles. The minimum atomic E-state index is -0.457. The van der Waals surface area contributed by atoms with Gasteiger partial charge < -0.3 is 9.47 Å². The summed E-state index contributed by atoms with van der Waals surface area (Å²) < 4.78 is 10.3. The molecule has 17 heavy (non-hydrogen) atoms. The lowest BCUT2D eigenvalue weighted by molar-refractivity contribution is -0.157. The lowest BCUT2D eigenvalue weighted by Gasteiger charge is -2.33. The van der Waals surface area contributed by atoms with Gasteiger partial charge in [0.25, 0.3) is 0 Å². The topological polar surface area (TPSA) is 55.8 Å². The highest BCUT2D eigenvalue weighted by atomic mass is 16.6. The van der Waals surface area contributed by atoms with Crippen LogP contribution in [0.5, 0.6) is 0 Å². The highest BCUT2D eigenvalue weighted by Crippen LogP contribution is 2.19. The van der Waals surface area contributed by atoms with Crippen LogP contribution in [-0.4, -0.2) is 36.3 Å². The van der Waals surface area contributed by atoms with Crippen LogP contribution in [0, 0.1) is 5.92 Å². The third-order valence-electron chi connectivity index (χ3n) is 2.52. The molecular formula is C12H21NO4. The fourth-order valence-electron chi connectivity index (χ4n) is 1.74. The van der Waals surface area contributed by atoms with Gasteiger partial charge in [0.1, 0.15) is 0 Å². The maximum absolute atomic E-state index is 11.8. The first-order valence-corrected chi connectivity index (χ1v) is 6.11. The minimum absolute atomic E-state index is 0.302. The lowest BCUT2D eigenvalue weighted by Crippen LogP contribution is -2.46. The van der Waals surface area contributed by atoms with Crippen LogP contribution < -0.4 is 0 Å². The number of likely N-dealkylation sites (tertiary alicyclic amines) is 1. The molecule has 1 amide bonds. The molecule has 0 aliphatic carbocycles. The zero-order valence-corrected chi connectivity index (χ0v) is 10.8. The summed E-state index contributed by atoms with van der Waals surface area (Å²) in [6.45, 7) is 6.29. The first-order valence-electron chi connectivity index (χ1n) is 6.11. The Morgan fingerprint density at radius 1 is 1.35 bits per heavy atom. The molecule has 0 unspecified atom stereocenters. The van der Waals surface area contributed by atoms with Gasteiger partial charge in [-0.05, 0) is 18.8 Å². The molecule has 0 bridgehead atoms. The lowest BCUT2D eigenvalue weighted by atomic mass is 10.1. The molecule has 0 saturated carbocycles. The van der Waals surface area contributed by atoms with Crippen molar-refractivity contribution in [3.63, 3.8) is 0 Å². The van der Waals surface area contributed by atoms with Crippen molar-refractivity contribution in [2.75, 3.05) is 13.2 Å². The maximum atomic E-state index is 11.8. The molecule has 1 atom stereocenters. The summed E-state index contributed by atoms with van der Waals surface area (Å²) >= 11 is 0. The van der Waals surface area contributed by atoms with Crippen LogP contribution >= 0.6 is 0 Å². The molecule has 5 nitrogen and oxygen atoms in total. The molecule has 0 N–H and O–H groups in total. The maximum Gasteiger partial charge on any atom is 0.412 e. The smallest absolute Gasteiger partial charge is 0.412 e. The van der Waals surface area contributed by atoms with E-state index in [2.05, 4.69) is 0 Å². The summed E-state index contributed by atoms with van der Waals surface area (Å²) in [5.41, 5.74) is 0. The Kier molecular flexibility index (Phi) is 5.25. The summed E-state index contributed by atoms with van der Waals surface area (Å²) in [5.74, 6) is -0.0607. The third-order valence-corrected chi connectivity index (χ3v) is 2.52. The largest absolute Gasteiger partial charge is 0.449 e. The van der Waals surface area contributed by atoms with Gasteiger partial charge in [-0.2, -0.15) is 0 Å². The first kappa shape index (κ1) is 13.8. The first-order chi connectivity index (χ1) is 8.00. The van der Waals surface area contributed by atoms with E-state index in [1.165, 1.54) is 11.8 Å². The van der Waals surface area contributed by atoms with Gasteiger partial charge in [-0.3, -0.25) is 9.69 Å². The van der Waals surface area contributed by atoms with Crippen molar-refractivity contribution in [1.29, 1.82) is 0 Å². The summed E-state index contributed by atoms with van der Waals surface area (Å²) in [6, 6.07) is 0. The summed E-state index contributed by atoms with van der Waals surface area (Å²) in [7, 11) is 0. The van der Waals surface area contributed by atoms with E-state index in [4.69, 9.17) is 9.47 Å². The van der Waals surface area contributed by atoms with E-state index in [9.17, 15) is 9.59 Å². The van der Waals surface area contributed by atoms with Crippen LogP contribution in [0.3, 0.4) is 0 Å². The Labute approximate surface area is 102 Å². The zero-order valence-electron chi connectivity index (χ0n) is 10.8. The van der Waals surface area contributed by atoms with E-state index in [1.807, 2.05) is 13.8 Å². The molecule has 0 aromatic heterocycles. The molecule has 0 spiro atoms. The van der Waals surface area contributed by atoms with Crippen LogP contribution in [-0.2, 0) is 14.3 Å². The Bertz CT molecular complexity index is 278. The Morgan fingerprint density at radius 3 is 2.65 bits per heavy atom. The molecule has 0 radical (unpaired) electrons. The van der Waals surface area contributed by atoms with E-state index in [0.717, 1.165) is 12.8 Å². The number of piperidine rings is 1. The molecule has 1 rings (SSSR count). The van der Waals surface area contributed by atoms with E-state index in [0.29, 0.717) is 25.5 Å². The number of hydrogen-bond acceptors (Lipinski definition) is 4. The second kappa shape index (κ2) is 6.47. The third kappa shape index (κ3) is 4.63. The van der Waals surface area contributed by atoms with Crippen molar-refractivity contribution >= 4 is 12.1 Å². The number of rotatable bonds is 3. The van der Waals surface area contributed by atoms with Gasteiger partial charge in [-0.1, -0.05) is 13.8 Å². The highest BCUT2D eigenvalue weighted by molar-refractivity contribution is 5.69. The van der Waals surface area contributed by atoms with Gasteiger partial charge in [0.2, 0.25) is 0 Å². The number of esters is 1. The van der Waals surface area contributed by atoms with Gasteiger partial charge in [0.15, 0.2) is 6.23 Å². The molecule has 1 saturated heterocycles. The van der Waals surface area contributed by atoms with E-state index < -0.39 is 6.23 Å². The van der Waals surface area contributed by atoms with Crippen LogP contribution in [0.2, 0.25) is 0 Å². The average Bonchev–Trinajstić information content (AvgIpc) is 2.25. The molecule has 1 fully saturated rings. The number of nitrogens with zero attached hydrogens (tertiary/aromatic N) is 1. The Morgan fingerprint density at radius 2 is 2.06 bits per heavy atom. The fourth-order valence-corrected chi connectivity index (χ4v) is 1.74. The number of amides is 1. The SMILES string of the molecule is CC(=O)O[C@@H]1CCCCN1C(=O)OCC(C)C. The van der Waals surface area contributed by atoms with Crippen LogP contribution in [0.1, 0.15) is 40.0 Å². The summed E-state index contributed by atoms with van der Waals surface area (Å²) in [5, 5.41) is 0. The van der Waals surface area contributed by atoms with E-state index >= 15 is 0 Å². The summed E-state index contributed by atoms with van der Waals surface area (Å²) in [4.78, 5) is 24.3. The molecule has 0 aromatic rings. The predicted molar refractivity (Wildman–Crippen MR) is 62.3 cm³/mol. The van der Waals surface area contributed by atoms with Crippen LogP contribution in [0.25, 0.3) is 0 Å². The Balaban J connectivity index is 2.51. The predicted octanol–water partition coefficient (Wildman–Crippen LogP) is 2.15. The quantitative estimate of drug-likeness (QED) is 0.713. The molecular weight excluding hydrogens is 222 g/mol. The van der Waals surface area contributed by atoms with Crippen molar-refractivity contribution < 1.29 is 19.1 Å². The number of hydrogen-bond donors (Lipinski definition) is 0. The molecule has 5 heteroatoms. The molecule has 0 aromatic carbocycles. The van der Waals surface area contributed by atoms with Crippen molar-refractivity contribution in [3.05, 3.63) is 0 Å². The number of carbonyl (C=O) groups excluding carboxylic acids is 2. The van der Waals surface area contributed by atoms with Crippen molar-refractivity contribution in [1.82, 2.24) is 4.90 Å². The zero-order chi connectivity index (χ0) is 12.8. The molecule has 98 valence electrons. The minimum Gasteiger partial charge on any atom is -0.449 e. The Hall–Kier alpha value is -1.26. The summed E-state index contributed by atoms with van der Waals surface area (Å²) in [6.07, 6.45) is 1.74. The molecule has 1 aliphatic heterocycles. The van der Waals surface area contributed by atoms with Crippen LogP contribution in [0.15, 0.2) is 0 Å². The van der Waals surface area contributed by atoms with E-state index in [-0.39, 0.29) is 12.1 Å². The van der Waals surface area contributed by atoms with Gasteiger partial charge in [-0.25, -0.2) is 4.79 Å². The van der Waals surface area contributed by atoms with Gasteiger partial charge in [-0.15, -0.1) is 0 Å². The van der Waals surface area contributed by atoms with Gasteiger partial charge in [0, 0.05) is 19.9 Å². The second-order valence-electron chi connectivity index (χ2n) is 4.72. The van der Waals surface area contributed by atoms with Gasteiger partial charge in [0.05, 0.1) is 6.61 Å². The number of carbonyl (C=O) groups is 2. The second-order valence-corrected chi connectivity index (χ2v) is 4.72. The van der Waals surface area contributed by atoms with Crippen molar-refractivity contribution in [3.8, 4) is 0 Å². The van der Waals surface area contributed by atoms with Crippen molar-refractivity contribution in [2.45, 2.75) is 46.3 Å². The average molecular weight is 243 g/mol. The molecule has 1 aliphatic rings. The van der Waals surface area contributed by atoms with Gasteiger partial charge >= 0.3 is 12.1 Å². The normalized spacial score (nSPS) is 20.2. The standard InChI is InChI=1S/C12H21NO4/c1-9(2)8-16-12(15)13-7-5-4-6-11(13)17-10(3)14/h9,11H,4-8H2,1-3H3/t11-/m1/s1. The van der Waals surface area contributed by atoms with E-state index in [1.54, 1.807) is 0 Å². The monoisotopic (exact) mass is 243 g/mol. The fraction of sp³-hybridized carbons (Fsp3) is 0.833. The van der Waals surface area contributed by atoms with Crippen molar-refractivity contribution in [2.24, 2.45) is 5.92 Å².